The molecule has 0 saturated heterocycles. The van der Waals surface area contributed by atoms with E-state index < -0.39 is 11.9 Å². The zero-order valence-electron chi connectivity index (χ0n) is 10.8. The third-order valence-electron chi connectivity index (χ3n) is 3.57. The second-order valence-electron chi connectivity index (χ2n) is 4.85. The molecule has 2 aromatic rings. The minimum atomic E-state index is -1.07. The Morgan fingerprint density at radius 3 is 2.80 bits per heavy atom. The highest BCUT2D eigenvalue weighted by Crippen LogP contribution is 2.26. The van der Waals surface area contributed by atoms with Crippen LogP contribution in [0, 0.1) is 5.82 Å². The van der Waals surface area contributed by atoms with E-state index in [1.165, 1.54) is 6.07 Å². The van der Waals surface area contributed by atoms with Crippen LogP contribution >= 0.6 is 0 Å². The van der Waals surface area contributed by atoms with Crippen LogP contribution in [0.1, 0.15) is 33.2 Å². The SMILES string of the molecule is O=C1NCCc2ccc(C(O)c3ccccc3F)cc21. The van der Waals surface area contributed by atoms with E-state index in [1.54, 1.807) is 30.3 Å². The van der Waals surface area contributed by atoms with Crippen LogP contribution in [0.4, 0.5) is 4.39 Å². The fourth-order valence-corrected chi connectivity index (χ4v) is 2.48. The summed E-state index contributed by atoms with van der Waals surface area (Å²) in [5, 5.41) is 13.0. The van der Waals surface area contributed by atoms with Crippen LogP contribution in [0.3, 0.4) is 0 Å². The molecule has 3 rings (SSSR count). The van der Waals surface area contributed by atoms with Crippen LogP contribution in [0.5, 0.6) is 0 Å². The lowest BCUT2D eigenvalue weighted by Gasteiger charge is -2.19. The molecular weight excluding hydrogens is 257 g/mol. The van der Waals surface area contributed by atoms with E-state index in [0.29, 0.717) is 17.7 Å². The van der Waals surface area contributed by atoms with Crippen LogP contribution in [-0.2, 0) is 6.42 Å². The third-order valence-corrected chi connectivity index (χ3v) is 3.57. The molecule has 3 nitrogen and oxygen atoms in total. The van der Waals surface area contributed by atoms with Crippen molar-refractivity contribution in [3.8, 4) is 0 Å². The number of amides is 1. The second kappa shape index (κ2) is 5.06. The lowest BCUT2D eigenvalue weighted by molar-refractivity contribution is 0.0945. The first-order valence-corrected chi connectivity index (χ1v) is 6.50. The molecule has 1 amide bonds. The largest absolute Gasteiger partial charge is 0.384 e. The van der Waals surface area contributed by atoms with Gasteiger partial charge in [-0.25, -0.2) is 4.39 Å². The quantitative estimate of drug-likeness (QED) is 0.879. The molecule has 0 aliphatic carbocycles. The van der Waals surface area contributed by atoms with Crippen molar-refractivity contribution >= 4 is 5.91 Å². The van der Waals surface area contributed by atoms with Gasteiger partial charge in [0.1, 0.15) is 11.9 Å². The maximum atomic E-state index is 13.7. The molecule has 0 aromatic heterocycles. The maximum Gasteiger partial charge on any atom is 0.251 e. The predicted molar refractivity (Wildman–Crippen MR) is 72.9 cm³/mol. The Bertz CT molecular complexity index is 669. The molecule has 1 unspecified atom stereocenters. The van der Waals surface area contributed by atoms with Gasteiger partial charge in [-0.3, -0.25) is 4.79 Å². The molecule has 1 aliphatic heterocycles. The van der Waals surface area contributed by atoms with Gasteiger partial charge in [0, 0.05) is 17.7 Å². The first-order chi connectivity index (χ1) is 9.66. The average Bonchev–Trinajstić information content (AvgIpc) is 2.47. The van der Waals surface area contributed by atoms with Crippen LogP contribution in [0.15, 0.2) is 42.5 Å². The number of halogens is 1. The summed E-state index contributed by atoms with van der Waals surface area (Å²) in [6.07, 6.45) is -0.298. The summed E-state index contributed by atoms with van der Waals surface area (Å²) >= 11 is 0. The first-order valence-electron chi connectivity index (χ1n) is 6.50. The van der Waals surface area contributed by atoms with Crippen molar-refractivity contribution in [2.75, 3.05) is 6.54 Å². The molecular formula is C16H14FNO2. The smallest absolute Gasteiger partial charge is 0.251 e. The highest BCUT2D eigenvalue weighted by atomic mass is 19.1. The predicted octanol–water partition coefficient (Wildman–Crippen LogP) is 2.19. The molecule has 0 fully saturated rings. The summed E-state index contributed by atoms with van der Waals surface area (Å²) < 4.78 is 13.7. The highest BCUT2D eigenvalue weighted by molar-refractivity contribution is 5.96. The number of fused-ring (bicyclic) bond motifs is 1. The topological polar surface area (TPSA) is 49.3 Å². The van der Waals surface area contributed by atoms with E-state index in [1.807, 2.05) is 6.07 Å². The van der Waals surface area contributed by atoms with Gasteiger partial charge >= 0.3 is 0 Å². The summed E-state index contributed by atoms with van der Waals surface area (Å²) in [6, 6.07) is 11.3. The van der Waals surface area contributed by atoms with E-state index >= 15 is 0 Å². The van der Waals surface area contributed by atoms with Crippen molar-refractivity contribution in [3.63, 3.8) is 0 Å². The summed E-state index contributed by atoms with van der Waals surface area (Å²) in [7, 11) is 0. The average molecular weight is 271 g/mol. The lowest BCUT2D eigenvalue weighted by Crippen LogP contribution is -2.31. The molecule has 0 radical (unpaired) electrons. The van der Waals surface area contributed by atoms with Crippen molar-refractivity contribution in [1.82, 2.24) is 5.32 Å². The van der Waals surface area contributed by atoms with Gasteiger partial charge in [0.05, 0.1) is 0 Å². The molecule has 1 atom stereocenters. The number of nitrogens with one attached hydrogen (secondary N) is 1. The molecule has 0 spiro atoms. The van der Waals surface area contributed by atoms with E-state index in [9.17, 15) is 14.3 Å². The fourth-order valence-electron chi connectivity index (χ4n) is 2.48. The zero-order valence-corrected chi connectivity index (χ0v) is 10.8. The summed E-state index contributed by atoms with van der Waals surface area (Å²) in [4.78, 5) is 11.8. The highest BCUT2D eigenvalue weighted by Gasteiger charge is 2.20. The van der Waals surface area contributed by atoms with E-state index in [4.69, 9.17) is 0 Å². The number of aliphatic hydroxyl groups is 1. The molecule has 20 heavy (non-hydrogen) atoms. The molecule has 0 bridgehead atoms. The first kappa shape index (κ1) is 12.8. The molecule has 4 heteroatoms. The Balaban J connectivity index is 2.01. The van der Waals surface area contributed by atoms with Gasteiger partial charge < -0.3 is 10.4 Å². The molecule has 102 valence electrons. The van der Waals surface area contributed by atoms with E-state index in [2.05, 4.69) is 5.32 Å². The standard InChI is InChI=1S/C16H14FNO2/c17-14-4-2-1-3-12(14)15(19)11-6-5-10-7-8-18-16(20)13(10)9-11/h1-6,9,15,19H,7-8H2,(H,18,20). The van der Waals surface area contributed by atoms with Gasteiger partial charge in [0.25, 0.3) is 5.91 Å². The van der Waals surface area contributed by atoms with Gasteiger partial charge in [-0.05, 0) is 29.7 Å². The summed E-state index contributed by atoms with van der Waals surface area (Å²) in [5.41, 5.74) is 2.25. The van der Waals surface area contributed by atoms with Gasteiger partial charge in [0.15, 0.2) is 0 Å². The number of carbonyl (C=O) groups is 1. The summed E-state index contributed by atoms with van der Waals surface area (Å²) in [6.45, 7) is 0.626. The van der Waals surface area contributed by atoms with Gasteiger partial charge in [0.2, 0.25) is 0 Å². The van der Waals surface area contributed by atoms with Gasteiger partial charge in [-0.1, -0.05) is 30.3 Å². The van der Waals surface area contributed by atoms with Crippen molar-refractivity contribution in [3.05, 3.63) is 70.5 Å². The molecule has 1 heterocycles. The number of rotatable bonds is 2. The minimum absolute atomic E-state index is 0.145. The minimum Gasteiger partial charge on any atom is -0.384 e. The van der Waals surface area contributed by atoms with Crippen LogP contribution in [-0.4, -0.2) is 17.6 Å². The van der Waals surface area contributed by atoms with Crippen molar-refractivity contribution in [1.29, 1.82) is 0 Å². The van der Waals surface area contributed by atoms with Crippen molar-refractivity contribution < 1.29 is 14.3 Å². The Hall–Kier alpha value is -2.20. The Morgan fingerprint density at radius 1 is 1.20 bits per heavy atom. The molecule has 1 aliphatic rings. The molecule has 0 saturated carbocycles. The Morgan fingerprint density at radius 2 is 2.00 bits per heavy atom. The zero-order chi connectivity index (χ0) is 14.1. The van der Waals surface area contributed by atoms with Crippen LogP contribution in [0.25, 0.3) is 0 Å². The van der Waals surface area contributed by atoms with Crippen molar-refractivity contribution in [2.45, 2.75) is 12.5 Å². The van der Waals surface area contributed by atoms with Gasteiger partial charge in [-0.2, -0.15) is 0 Å². The van der Waals surface area contributed by atoms with Crippen molar-refractivity contribution in [2.24, 2.45) is 0 Å². The second-order valence-corrected chi connectivity index (χ2v) is 4.85. The normalized spacial score (nSPS) is 15.4. The van der Waals surface area contributed by atoms with E-state index in [0.717, 1.165) is 12.0 Å². The number of hydrogen-bond acceptors (Lipinski definition) is 2. The monoisotopic (exact) mass is 271 g/mol. The number of carbonyl (C=O) groups excluding carboxylic acids is 1. The Kier molecular flexibility index (Phi) is 3.24. The number of hydrogen-bond donors (Lipinski definition) is 2. The summed E-state index contributed by atoms with van der Waals surface area (Å²) in [5.74, 6) is -0.601. The van der Waals surface area contributed by atoms with Gasteiger partial charge in [-0.15, -0.1) is 0 Å². The lowest BCUT2D eigenvalue weighted by atomic mass is 9.93. The fraction of sp³-hybridized carbons (Fsp3) is 0.188. The van der Waals surface area contributed by atoms with Crippen LogP contribution in [0.2, 0.25) is 0 Å². The number of aliphatic hydroxyl groups excluding tert-OH is 1. The Labute approximate surface area is 116 Å². The number of benzene rings is 2. The maximum absolute atomic E-state index is 13.7. The molecule has 2 N–H and O–H groups in total. The van der Waals surface area contributed by atoms with E-state index in [-0.39, 0.29) is 11.5 Å². The third kappa shape index (κ3) is 2.18. The molecule has 2 aromatic carbocycles. The van der Waals surface area contributed by atoms with Crippen LogP contribution < -0.4 is 5.32 Å².